The zero-order chi connectivity index (χ0) is 47.2. The number of carbonyl (C=O) groups is 3. The van der Waals surface area contributed by atoms with Crippen LogP contribution < -0.4 is 0 Å². The Balaban J connectivity index is 4.38. The number of carbonyl (C=O) groups excluding carboxylic acids is 3. The highest BCUT2D eigenvalue weighted by Gasteiger charge is 2.19. The molecule has 6 heteroatoms. The molecule has 65 heavy (non-hydrogen) atoms. The normalized spacial score (nSPS) is 12.4. The maximum atomic E-state index is 12.8. The summed E-state index contributed by atoms with van der Waals surface area (Å²) in [7, 11) is 0. The Morgan fingerprint density at radius 3 is 0.954 bits per heavy atom. The lowest BCUT2D eigenvalue weighted by atomic mass is 10.0. The quantitative estimate of drug-likeness (QED) is 0.0262. The Labute approximate surface area is 403 Å². The molecule has 1 atom stereocenters. The first-order valence-corrected chi connectivity index (χ1v) is 28.1. The minimum Gasteiger partial charge on any atom is -0.462 e. The van der Waals surface area contributed by atoms with Gasteiger partial charge >= 0.3 is 17.9 Å². The summed E-state index contributed by atoms with van der Waals surface area (Å²) in [6.07, 6.45) is 65.2. The van der Waals surface area contributed by atoms with Crippen LogP contribution in [0.4, 0.5) is 0 Å². The van der Waals surface area contributed by atoms with Crippen molar-refractivity contribution in [1.82, 2.24) is 0 Å². The van der Waals surface area contributed by atoms with Gasteiger partial charge in [0.15, 0.2) is 6.10 Å². The van der Waals surface area contributed by atoms with E-state index in [-0.39, 0.29) is 31.1 Å². The van der Waals surface area contributed by atoms with Crippen LogP contribution in [0.3, 0.4) is 0 Å². The van der Waals surface area contributed by atoms with Crippen LogP contribution in [0.5, 0.6) is 0 Å². The van der Waals surface area contributed by atoms with Crippen LogP contribution >= 0.6 is 0 Å². The number of esters is 3. The first kappa shape index (κ1) is 62.4. The first-order chi connectivity index (χ1) is 32.0. The number of unbranched alkanes of at least 4 members (excludes halogenated alkanes) is 32. The van der Waals surface area contributed by atoms with Crippen molar-refractivity contribution in [2.24, 2.45) is 0 Å². The van der Waals surface area contributed by atoms with Crippen molar-refractivity contribution >= 4 is 17.9 Å². The van der Waals surface area contributed by atoms with E-state index in [1.807, 2.05) is 0 Å². The zero-order valence-electron chi connectivity index (χ0n) is 43.3. The molecule has 0 radical (unpaired) electrons. The minimum absolute atomic E-state index is 0.0803. The first-order valence-electron chi connectivity index (χ1n) is 28.1. The predicted molar refractivity (Wildman–Crippen MR) is 279 cm³/mol. The molecule has 0 amide bonds. The lowest BCUT2D eigenvalue weighted by Gasteiger charge is -2.18. The molecule has 6 nitrogen and oxygen atoms in total. The molecule has 0 aromatic carbocycles. The Morgan fingerprint density at radius 1 is 0.323 bits per heavy atom. The molecular formula is C59H106O6. The third-order valence-electron chi connectivity index (χ3n) is 12.3. The number of ether oxygens (including phenoxy) is 3. The van der Waals surface area contributed by atoms with Crippen LogP contribution in [0, 0.1) is 0 Å². The number of hydrogen-bond acceptors (Lipinski definition) is 6. The monoisotopic (exact) mass is 911 g/mol. The highest BCUT2D eigenvalue weighted by atomic mass is 16.6. The zero-order valence-corrected chi connectivity index (χ0v) is 43.3. The number of rotatable bonds is 51. The number of hydrogen-bond donors (Lipinski definition) is 0. The average molecular weight is 911 g/mol. The van der Waals surface area contributed by atoms with Crippen molar-refractivity contribution < 1.29 is 28.6 Å². The van der Waals surface area contributed by atoms with E-state index in [9.17, 15) is 14.4 Å². The second kappa shape index (κ2) is 54.0. The smallest absolute Gasteiger partial charge is 0.306 e. The van der Waals surface area contributed by atoms with E-state index in [0.717, 1.165) is 103 Å². The molecule has 0 aromatic rings. The molecule has 0 heterocycles. The van der Waals surface area contributed by atoms with E-state index in [0.29, 0.717) is 19.3 Å². The Kier molecular flexibility index (Phi) is 51.8. The summed E-state index contributed by atoms with van der Waals surface area (Å²) in [5.41, 5.74) is 0. The van der Waals surface area contributed by atoms with Crippen LogP contribution in [0.25, 0.3) is 0 Å². The van der Waals surface area contributed by atoms with E-state index < -0.39 is 6.10 Å². The van der Waals surface area contributed by atoms with Gasteiger partial charge < -0.3 is 14.2 Å². The van der Waals surface area contributed by atoms with Crippen LogP contribution in [0.1, 0.15) is 290 Å². The highest BCUT2D eigenvalue weighted by Crippen LogP contribution is 2.16. The molecule has 378 valence electrons. The molecule has 0 aliphatic rings. The van der Waals surface area contributed by atoms with Crippen LogP contribution in [-0.4, -0.2) is 37.2 Å². The van der Waals surface area contributed by atoms with Crippen LogP contribution in [-0.2, 0) is 28.6 Å². The second-order valence-electron chi connectivity index (χ2n) is 18.8. The van der Waals surface area contributed by atoms with E-state index >= 15 is 0 Å². The molecule has 0 saturated heterocycles. The standard InChI is InChI=1S/C59H106O6/c1-4-7-10-13-16-19-22-25-28-31-34-37-40-43-46-49-52-58(61)64-55-56(54-63-57(60)51-48-45-42-39-36-33-30-27-24-21-18-15-12-9-6-3)65-59(62)53-50-47-44-41-38-35-32-29-26-23-20-17-14-11-8-5-2/h9,12,18,21,27-28,30-31,56H,4-8,10-11,13-17,19-20,22-26,29,32-55H2,1-3H3/b12-9-,21-18-,30-27-,31-28-/t56-/m1/s1. The summed E-state index contributed by atoms with van der Waals surface area (Å²) in [5.74, 6) is -0.891. The van der Waals surface area contributed by atoms with Gasteiger partial charge in [-0.05, 0) is 77.0 Å². The molecule has 0 saturated carbocycles. The Morgan fingerprint density at radius 2 is 0.600 bits per heavy atom. The predicted octanol–water partition coefficient (Wildman–Crippen LogP) is 18.7. The fourth-order valence-corrected chi connectivity index (χ4v) is 8.10. The topological polar surface area (TPSA) is 78.9 Å². The maximum Gasteiger partial charge on any atom is 0.306 e. The molecule has 0 spiro atoms. The van der Waals surface area contributed by atoms with Gasteiger partial charge in [0.05, 0.1) is 0 Å². The van der Waals surface area contributed by atoms with Gasteiger partial charge in [-0.1, -0.05) is 243 Å². The van der Waals surface area contributed by atoms with Crippen molar-refractivity contribution in [3.8, 4) is 0 Å². The van der Waals surface area contributed by atoms with Gasteiger partial charge in [-0.15, -0.1) is 0 Å². The van der Waals surface area contributed by atoms with Crippen molar-refractivity contribution in [2.45, 2.75) is 297 Å². The summed E-state index contributed by atoms with van der Waals surface area (Å²) in [6.45, 7) is 6.54. The Bertz CT molecular complexity index is 1140. The Hall–Kier alpha value is -2.63. The van der Waals surface area contributed by atoms with Crippen molar-refractivity contribution in [2.75, 3.05) is 13.2 Å². The molecule has 0 aliphatic carbocycles. The lowest BCUT2D eigenvalue weighted by Crippen LogP contribution is -2.30. The van der Waals surface area contributed by atoms with E-state index in [2.05, 4.69) is 69.4 Å². The molecule has 0 aliphatic heterocycles. The minimum atomic E-state index is -0.781. The van der Waals surface area contributed by atoms with Crippen molar-refractivity contribution in [3.05, 3.63) is 48.6 Å². The van der Waals surface area contributed by atoms with E-state index in [1.54, 1.807) is 0 Å². The fraction of sp³-hybridized carbons (Fsp3) is 0.814. The summed E-state index contributed by atoms with van der Waals surface area (Å²) >= 11 is 0. The maximum absolute atomic E-state index is 12.8. The van der Waals surface area contributed by atoms with Crippen molar-refractivity contribution in [3.63, 3.8) is 0 Å². The summed E-state index contributed by atoms with van der Waals surface area (Å²) in [5, 5.41) is 0. The molecule has 0 N–H and O–H groups in total. The van der Waals surface area contributed by atoms with Gasteiger partial charge in [-0.2, -0.15) is 0 Å². The molecule has 0 rings (SSSR count). The van der Waals surface area contributed by atoms with E-state index in [1.165, 1.54) is 148 Å². The summed E-state index contributed by atoms with van der Waals surface area (Å²) in [4.78, 5) is 38.1. The third-order valence-corrected chi connectivity index (χ3v) is 12.3. The van der Waals surface area contributed by atoms with E-state index in [4.69, 9.17) is 14.2 Å². The molecule has 0 unspecified atom stereocenters. The van der Waals surface area contributed by atoms with Crippen molar-refractivity contribution in [1.29, 1.82) is 0 Å². The van der Waals surface area contributed by atoms with Crippen LogP contribution in [0.15, 0.2) is 48.6 Å². The van der Waals surface area contributed by atoms with Crippen LogP contribution in [0.2, 0.25) is 0 Å². The summed E-state index contributed by atoms with van der Waals surface area (Å²) < 4.78 is 16.8. The van der Waals surface area contributed by atoms with Gasteiger partial charge in [0, 0.05) is 19.3 Å². The molecule has 0 bridgehead atoms. The molecular weight excluding hydrogens is 805 g/mol. The van der Waals surface area contributed by atoms with Gasteiger partial charge in [-0.3, -0.25) is 14.4 Å². The van der Waals surface area contributed by atoms with Gasteiger partial charge in [0.2, 0.25) is 0 Å². The third kappa shape index (κ3) is 52.2. The largest absolute Gasteiger partial charge is 0.462 e. The molecule has 0 fully saturated rings. The summed E-state index contributed by atoms with van der Waals surface area (Å²) in [6, 6.07) is 0. The van der Waals surface area contributed by atoms with Gasteiger partial charge in [0.1, 0.15) is 13.2 Å². The average Bonchev–Trinajstić information content (AvgIpc) is 3.30. The lowest BCUT2D eigenvalue weighted by molar-refractivity contribution is -0.167. The van der Waals surface area contributed by atoms with Gasteiger partial charge in [-0.25, -0.2) is 0 Å². The second-order valence-corrected chi connectivity index (χ2v) is 18.8. The molecule has 0 aromatic heterocycles. The van der Waals surface area contributed by atoms with Gasteiger partial charge in [0.25, 0.3) is 0 Å². The fourth-order valence-electron chi connectivity index (χ4n) is 8.10. The number of allylic oxidation sites excluding steroid dienone is 8. The highest BCUT2D eigenvalue weighted by molar-refractivity contribution is 5.71. The SMILES string of the molecule is CC/C=C\C/C=C\C/C=C\CCCCCCCC(=O)OC[C@H](COC(=O)CCCCCCC/C=C\CCCCCCCCC)OC(=O)CCCCCCCCCCCCCCCCCC.